The molecule has 0 amide bonds. The van der Waals surface area contributed by atoms with Gasteiger partial charge in [0.25, 0.3) is 10.1 Å². The zero-order valence-corrected chi connectivity index (χ0v) is 32.2. The molecule has 2 N–H and O–H groups in total. The normalized spacial score (nSPS) is 17.8. The van der Waals surface area contributed by atoms with E-state index in [1.807, 2.05) is 55.5 Å². The fraction of sp³-hybridized carbons (Fsp3) is 0.310. The summed E-state index contributed by atoms with van der Waals surface area (Å²) < 4.78 is 54.0. The maximum atomic E-state index is 12.2. The van der Waals surface area contributed by atoms with Gasteiger partial charge < -0.3 is 16.7 Å². The van der Waals surface area contributed by atoms with Gasteiger partial charge in [0.05, 0.1) is 0 Å². The van der Waals surface area contributed by atoms with E-state index in [2.05, 4.69) is 27.4 Å². The maximum absolute atomic E-state index is 12.2. The molecule has 3 unspecified atom stereocenters. The van der Waals surface area contributed by atoms with Gasteiger partial charge in [-0.05, 0) is 117 Å². The van der Waals surface area contributed by atoms with E-state index in [1.54, 1.807) is 24.5 Å². The van der Waals surface area contributed by atoms with Gasteiger partial charge in [0, 0.05) is 41.3 Å². The van der Waals surface area contributed by atoms with Gasteiger partial charge >= 0.3 is 15.1 Å². The monoisotopic (exact) mass is 758 g/mol. The highest BCUT2D eigenvalue weighted by atomic mass is 32.2. The molecular weight excluding hydrogens is 716 g/mol. The fourth-order valence-electron chi connectivity index (χ4n) is 8.12. The minimum absolute atomic E-state index is 0.213. The number of nitrogens with zero attached hydrogens (tertiary/aromatic N) is 3. The van der Waals surface area contributed by atoms with E-state index in [0.717, 1.165) is 52.6 Å². The van der Waals surface area contributed by atoms with Crippen LogP contribution in [0.5, 0.6) is 17.2 Å². The first-order valence-electron chi connectivity index (χ1n) is 18.8. The molecule has 276 valence electrons. The quantitative estimate of drug-likeness (QED) is 0.0428. The van der Waals surface area contributed by atoms with E-state index >= 15 is 0 Å². The van der Waals surface area contributed by atoms with Crippen LogP contribution in [0.15, 0.2) is 108 Å². The van der Waals surface area contributed by atoms with Crippen molar-refractivity contribution in [1.29, 1.82) is 0 Å². The van der Waals surface area contributed by atoms with Crippen LogP contribution in [-0.2, 0) is 16.7 Å². The van der Waals surface area contributed by atoms with Crippen molar-refractivity contribution < 1.29 is 24.3 Å². The Bertz CT molecular complexity index is 2440. The second kappa shape index (κ2) is 16.0. The highest BCUT2D eigenvalue weighted by Crippen LogP contribution is 2.45. The molecule has 3 aromatic heterocycles. The molecule has 2 bridgehead atoms. The predicted molar refractivity (Wildman–Crippen MR) is 211 cm³/mol. The number of hydrogen-bond acceptors (Lipinski definition) is 9. The zero-order chi connectivity index (χ0) is 37.1. The van der Waals surface area contributed by atoms with Gasteiger partial charge in [-0.15, -0.1) is 0 Å². The number of hydrogen-bond donors (Lipinski definition) is 2. The van der Waals surface area contributed by atoms with Crippen molar-refractivity contribution >= 4 is 58.0 Å². The van der Waals surface area contributed by atoms with E-state index in [1.165, 1.54) is 56.9 Å². The number of unbranched alkanes of at least 4 members (excludes halogenated alkanes) is 3. The number of benzene rings is 3. The Kier molecular flexibility index (Phi) is 10.8. The van der Waals surface area contributed by atoms with E-state index in [9.17, 15) is 13.0 Å². The lowest BCUT2D eigenvalue weighted by Gasteiger charge is -2.20. The summed E-state index contributed by atoms with van der Waals surface area (Å²) in [6.45, 7) is 3.66. The molecule has 2 aliphatic rings. The summed E-state index contributed by atoms with van der Waals surface area (Å²) in [4.78, 5) is 13.4. The molecule has 2 aliphatic carbocycles. The first-order valence-corrected chi connectivity index (χ1v) is 21.6. The van der Waals surface area contributed by atoms with Crippen LogP contribution in [0.1, 0.15) is 56.1 Å². The Balaban J connectivity index is 0.997. The second-order valence-corrected chi connectivity index (χ2v) is 17.1. The summed E-state index contributed by atoms with van der Waals surface area (Å²) in [6.07, 6.45) is 19.0. The lowest BCUT2D eigenvalue weighted by molar-refractivity contribution is 0.311. The number of aryl methyl sites for hydroxylation is 1. The largest absolute Gasteiger partial charge is 1.20 e. The zero-order valence-electron chi connectivity index (χ0n) is 30.2. The molecule has 0 aliphatic heterocycles. The van der Waals surface area contributed by atoms with Gasteiger partial charge in [0.2, 0.25) is 0 Å². The van der Waals surface area contributed by atoms with Crippen LogP contribution in [0, 0.1) is 24.7 Å². The number of pyridine rings is 3. The number of nitrogens with one attached hydrogen (secondary N) is 1. The maximum Gasteiger partial charge on any atom is 1.20 e. The van der Waals surface area contributed by atoms with Crippen LogP contribution in [0.25, 0.3) is 32.7 Å². The number of allylic oxidation sites excluding steroid dienone is 2. The van der Waals surface area contributed by atoms with E-state index in [4.69, 9.17) is 16.3 Å². The molecule has 0 saturated heterocycles. The van der Waals surface area contributed by atoms with Crippen molar-refractivity contribution in [3.8, 4) is 17.2 Å². The molecule has 54 heavy (non-hydrogen) atoms. The molecule has 12 heteroatoms. The summed E-state index contributed by atoms with van der Waals surface area (Å²) in [5, 5.41) is 5.74. The van der Waals surface area contributed by atoms with Crippen molar-refractivity contribution in [1.82, 2.24) is 20.3 Å². The van der Waals surface area contributed by atoms with Gasteiger partial charge in [-0.3, -0.25) is 19.5 Å². The molecular formula is C42H43AlN4O6S. The summed E-state index contributed by atoms with van der Waals surface area (Å²) in [5.41, 5.74) is 3.73. The van der Waals surface area contributed by atoms with Crippen LogP contribution >= 0.6 is 0 Å². The molecule has 0 radical (unpaired) electrons. The van der Waals surface area contributed by atoms with Crippen LogP contribution < -0.4 is 16.7 Å². The lowest BCUT2D eigenvalue weighted by Crippen LogP contribution is -2.37. The van der Waals surface area contributed by atoms with Gasteiger partial charge in [0.1, 0.15) is 38.7 Å². The fourth-order valence-corrected chi connectivity index (χ4v) is 10.1. The topological polar surface area (TPSA) is 133 Å². The molecule has 6 aromatic rings. The highest BCUT2D eigenvalue weighted by Gasteiger charge is 2.46. The second-order valence-electron chi connectivity index (χ2n) is 14.4. The average molecular weight is 759 g/mol. The Morgan fingerprint density at radius 1 is 0.722 bits per heavy atom. The Morgan fingerprint density at radius 2 is 1.33 bits per heavy atom. The lowest BCUT2D eigenvalue weighted by atomic mass is 9.88. The minimum Gasteiger partial charge on any atom is -0.576 e. The minimum atomic E-state index is -4.52. The third-order valence-electron chi connectivity index (χ3n) is 10.8. The van der Waals surface area contributed by atoms with Gasteiger partial charge in [-0.2, -0.15) is 8.42 Å². The number of fused-ring (bicyclic) bond motifs is 5. The van der Waals surface area contributed by atoms with Crippen LogP contribution in [0.4, 0.5) is 0 Å². The third-order valence-corrected chi connectivity index (χ3v) is 13.1. The van der Waals surface area contributed by atoms with Gasteiger partial charge in [0.15, 0.2) is 0 Å². The molecule has 1 fully saturated rings. The van der Waals surface area contributed by atoms with E-state index in [-0.39, 0.29) is 21.5 Å². The third kappa shape index (κ3) is 7.95. The van der Waals surface area contributed by atoms with E-state index in [0.29, 0.717) is 29.1 Å². The molecule has 3 atom stereocenters. The van der Waals surface area contributed by atoms with E-state index < -0.39 is 25.3 Å². The van der Waals surface area contributed by atoms with Crippen LogP contribution in [0.3, 0.4) is 0 Å². The summed E-state index contributed by atoms with van der Waals surface area (Å²) in [6, 6.07) is 21.5. The Morgan fingerprint density at radius 3 is 2.00 bits per heavy atom. The summed E-state index contributed by atoms with van der Waals surface area (Å²) in [5.74, 6) is 3.85. The van der Waals surface area contributed by atoms with Gasteiger partial charge in [-0.25, -0.2) is 0 Å². The predicted octanol–water partition coefficient (Wildman–Crippen LogP) is 8.66. The molecule has 3 aromatic carbocycles. The molecule has 3 heterocycles. The van der Waals surface area contributed by atoms with Crippen molar-refractivity contribution in [2.75, 3.05) is 6.54 Å². The standard InChI is InChI=1S/C23H30N2O.C10H9NO.C9H7NO4S.Al/c26-22-11-10-20(21-7-5-13-25-23(21)22)16-24-12-4-2-1-3-6-18-14-17-8-9-19(18)15-17;1-7-4-5-9(12)10-8(7)3-2-6-11-10;11-7-3-4-8(15(12,13)14)6-2-1-5-10-9(6)7;/h5,7-11,13,17-19,24,26H,1-4,6,12,14-16H2;2-6,12H,1H3;1-5,11H,(H,12,13,14);/q;;;+3/p-3. The molecule has 8 rings (SSSR count). The first kappa shape index (κ1) is 36.4. The smallest absolute Gasteiger partial charge is 0.576 e. The molecule has 10 nitrogen and oxygen atoms in total. The average Bonchev–Trinajstić information content (AvgIpc) is 3.81. The van der Waals surface area contributed by atoms with Crippen LogP contribution in [0.2, 0.25) is 0 Å². The number of aromatic nitrogens is 3. The molecule has 0 spiro atoms. The van der Waals surface area contributed by atoms with Crippen molar-refractivity contribution in [2.24, 2.45) is 17.8 Å². The van der Waals surface area contributed by atoms with Crippen LogP contribution in [-0.4, -0.2) is 49.6 Å². The number of rotatable bonds is 16. The summed E-state index contributed by atoms with van der Waals surface area (Å²) in [7, 11) is -4.52. The van der Waals surface area contributed by atoms with Crippen molar-refractivity contribution in [3.63, 3.8) is 0 Å². The summed E-state index contributed by atoms with van der Waals surface area (Å²) >= 11 is -3.23. The Labute approximate surface area is 320 Å². The molecule has 1 saturated carbocycles. The van der Waals surface area contributed by atoms with Crippen molar-refractivity contribution in [2.45, 2.75) is 63.3 Å². The van der Waals surface area contributed by atoms with Gasteiger partial charge in [-0.1, -0.05) is 55.7 Å². The van der Waals surface area contributed by atoms with Crippen molar-refractivity contribution in [3.05, 3.63) is 115 Å². The highest BCUT2D eigenvalue weighted by molar-refractivity contribution is 7.86. The first-order chi connectivity index (χ1) is 26.3. The Hall–Kier alpha value is -4.57. The SMILES string of the molecule is Cc1ccc([O][Al]([O]c2ccc(CNCCCCCCC3CC4C=CC3C4)c3cccnc23)[O]c2ccc(S(=O)(=O)O)c3cccnc23)c2ncccc12.